The lowest BCUT2D eigenvalue weighted by molar-refractivity contribution is 0.631. The largest absolute Gasteiger partial charge is 0.325 e. The molecular formula is C10H12FN3. The minimum atomic E-state index is -0.264. The van der Waals surface area contributed by atoms with Crippen molar-refractivity contribution in [2.24, 2.45) is 5.73 Å². The van der Waals surface area contributed by atoms with Crippen molar-refractivity contribution in [3.05, 3.63) is 35.7 Å². The zero-order valence-corrected chi connectivity index (χ0v) is 8.00. The first-order valence-electron chi connectivity index (χ1n) is 4.62. The van der Waals surface area contributed by atoms with Gasteiger partial charge in [0.05, 0.1) is 5.69 Å². The summed E-state index contributed by atoms with van der Waals surface area (Å²) in [4.78, 5) is 4.29. The number of hydrogen-bond donors (Lipinski definition) is 1. The highest BCUT2D eigenvalue weighted by atomic mass is 19.1. The molecule has 0 spiro atoms. The van der Waals surface area contributed by atoms with Gasteiger partial charge in [0.25, 0.3) is 0 Å². The van der Waals surface area contributed by atoms with Crippen molar-refractivity contribution in [2.45, 2.75) is 19.9 Å². The molecule has 2 aromatic rings. The summed E-state index contributed by atoms with van der Waals surface area (Å²) >= 11 is 0. The lowest BCUT2D eigenvalue weighted by atomic mass is 10.3. The molecule has 0 aliphatic carbocycles. The van der Waals surface area contributed by atoms with Crippen molar-refractivity contribution in [2.75, 3.05) is 0 Å². The Morgan fingerprint density at radius 2 is 2.36 bits per heavy atom. The molecule has 0 aromatic carbocycles. The van der Waals surface area contributed by atoms with E-state index in [1.165, 1.54) is 6.07 Å². The van der Waals surface area contributed by atoms with E-state index in [4.69, 9.17) is 5.73 Å². The van der Waals surface area contributed by atoms with E-state index in [0.29, 0.717) is 11.2 Å². The van der Waals surface area contributed by atoms with Gasteiger partial charge in [-0.2, -0.15) is 0 Å². The highest BCUT2D eigenvalue weighted by molar-refractivity contribution is 5.54. The van der Waals surface area contributed by atoms with Crippen LogP contribution in [0.1, 0.15) is 18.4 Å². The summed E-state index contributed by atoms with van der Waals surface area (Å²) in [5, 5.41) is 0. The lowest BCUT2D eigenvalue weighted by Crippen LogP contribution is -1.98. The molecule has 0 radical (unpaired) electrons. The summed E-state index contributed by atoms with van der Waals surface area (Å²) < 4.78 is 15.2. The fourth-order valence-electron chi connectivity index (χ4n) is 1.63. The number of rotatable bonds is 2. The normalized spacial score (nSPS) is 11.1. The molecule has 0 bridgehead atoms. The number of imidazole rings is 1. The lowest BCUT2D eigenvalue weighted by Gasteiger charge is -1.98. The Kier molecular flexibility index (Phi) is 2.21. The van der Waals surface area contributed by atoms with Crippen LogP contribution in [0.25, 0.3) is 5.52 Å². The fourth-order valence-corrected chi connectivity index (χ4v) is 1.63. The highest BCUT2D eigenvalue weighted by Gasteiger charge is 2.11. The Bertz CT molecular complexity index is 462. The number of fused-ring (bicyclic) bond motifs is 1. The number of nitrogens with two attached hydrogens (primary N) is 1. The van der Waals surface area contributed by atoms with Crippen LogP contribution in [0, 0.1) is 5.82 Å². The van der Waals surface area contributed by atoms with Crippen LogP contribution in [-0.2, 0) is 13.0 Å². The van der Waals surface area contributed by atoms with Crippen molar-refractivity contribution >= 4 is 5.52 Å². The number of aryl methyl sites for hydroxylation is 1. The van der Waals surface area contributed by atoms with E-state index in [0.717, 1.165) is 12.2 Å². The van der Waals surface area contributed by atoms with Gasteiger partial charge >= 0.3 is 0 Å². The quantitative estimate of drug-likeness (QED) is 0.785. The Hall–Kier alpha value is -1.42. The first-order chi connectivity index (χ1) is 6.77. The van der Waals surface area contributed by atoms with E-state index in [-0.39, 0.29) is 12.4 Å². The second kappa shape index (κ2) is 3.38. The molecule has 0 aliphatic rings. The number of halogens is 1. The number of nitrogens with zero attached hydrogens (tertiary/aromatic N) is 2. The van der Waals surface area contributed by atoms with Crippen molar-refractivity contribution in [1.29, 1.82) is 0 Å². The van der Waals surface area contributed by atoms with Crippen molar-refractivity contribution < 1.29 is 4.39 Å². The first kappa shape index (κ1) is 9.15. The molecule has 0 fully saturated rings. The molecule has 14 heavy (non-hydrogen) atoms. The Labute approximate surface area is 81.4 Å². The van der Waals surface area contributed by atoms with Gasteiger partial charge in [-0.1, -0.05) is 6.92 Å². The molecule has 2 aromatic heterocycles. The van der Waals surface area contributed by atoms with Gasteiger partial charge in [-0.3, -0.25) is 0 Å². The first-order valence-corrected chi connectivity index (χ1v) is 4.62. The van der Waals surface area contributed by atoms with Crippen LogP contribution < -0.4 is 5.73 Å². The molecule has 3 nitrogen and oxygen atoms in total. The second-order valence-corrected chi connectivity index (χ2v) is 3.11. The van der Waals surface area contributed by atoms with Gasteiger partial charge in [0.1, 0.15) is 17.2 Å². The monoisotopic (exact) mass is 193 g/mol. The van der Waals surface area contributed by atoms with Gasteiger partial charge in [-0.25, -0.2) is 9.37 Å². The third-order valence-corrected chi connectivity index (χ3v) is 2.27. The van der Waals surface area contributed by atoms with E-state index < -0.39 is 0 Å². The third kappa shape index (κ3) is 1.19. The Morgan fingerprint density at radius 1 is 1.57 bits per heavy atom. The van der Waals surface area contributed by atoms with Gasteiger partial charge in [0.2, 0.25) is 0 Å². The molecule has 0 amide bonds. The van der Waals surface area contributed by atoms with Crippen LogP contribution in [0.5, 0.6) is 0 Å². The van der Waals surface area contributed by atoms with Gasteiger partial charge in [-0.05, 0) is 12.1 Å². The van der Waals surface area contributed by atoms with Crippen molar-refractivity contribution in [3.8, 4) is 0 Å². The number of pyridine rings is 1. The molecule has 2 N–H and O–H groups in total. The summed E-state index contributed by atoms with van der Waals surface area (Å²) in [6.45, 7) is 2.25. The van der Waals surface area contributed by atoms with Crippen LogP contribution in [0.2, 0.25) is 0 Å². The SMILES string of the molecule is CCc1nc(CN)c2c(F)cccn12. The van der Waals surface area contributed by atoms with E-state index in [2.05, 4.69) is 4.98 Å². The van der Waals surface area contributed by atoms with Gasteiger partial charge in [-0.15, -0.1) is 0 Å². The number of hydrogen-bond acceptors (Lipinski definition) is 2. The maximum Gasteiger partial charge on any atom is 0.149 e. The van der Waals surface area contributed by atoms with Crippen LogP contribution in [0.15, 0.2) is 18.3 Å². The predicted octanol–water partition coefficient (Wildman–Crippen LogP) is 1.49. The van der Waals surface area contributed by atoms with E-state index in [9.17, 15) is 4.39 Å². The molecule has 4 heteroatoms. The zero-order valence-electron chi connectivity index (χ0n) is 8.00. The Balaban J connectivity index is 2.82. The predicted molar refractivity (Wildman–Crippen MR) is 52.4 cm³/mol. The summed E-state index contributed by atoms with van der Waals surface area (Å²) in [6.07, 6.45) is 2.58. The topological polar surface area (TPSA) is 43.3 Å². The van der Waals surface area contributed by atoms with Crippen LogP contribution in [0.4, 0.5) is 4.39 Å². The second-order valence-electron chi connectivity index (χ2n) is 3.11. The van der Waals surface area contributed by atoms with E-state index in [1.807, 2.05) is 13.1 Å². The Morgan fingerprint density at radius 3 is 3.00 bits per heavy atom. The summed E-state index contributed by atoms with van der Waals surface area (Å²) in [6, 6.07) is 3.10. The third-order valence-electron chi connectivity index (χ3n) is 2.27. The molecule has 0 saturated carbocycles. The molecule has 0 unspecified atom stereocenters. The maximum absolute atomic E-state index is 13.5. The van der Waals surface area contributed by atoms with Crippen LogP contribution in [0.3, 0.4) is 0 Å². The molecule has 2 heterocycles. The zero-order chi connectivity index (χ0) is 10.1. The fraction of sp³-hybridized carbons (Fsp3) is 0.300. The molecular weight excluding hydrogens is 181 g/mol. The highest BCUT2D eigenvalue weighted by Crippen LogP contribution is 2.16. The van der Waals surface area contributed by atoms with Gasteiger partial charge < -0.3 is 10.1 Å². The maximum atomic E-state index is 13.5. The standard InChI is InChI=1S/C10H12FN3/c1-2-9-13-8(6-12)10-7(11)4-3-5-14(9)10/h3-5H,2,6,12H2,1H3. The average Bonchev–Trinajstić information content (AvgIpc) is 2.57. The van der Waals surface area contributed by atoms with Crippen LogP contribution >= 0.6 is 0 Å². The average molecular weight is 193 g/mol. The van der Waals surface area contributed by atoms with Crippen LogP contribution in [-0.4, -0.2) is 9.38 Å². The van der Waals surface area contributed by atoms with Crippen molar-refractivity contribution in [1.82, 2.24) is 9.38 Å². The number of aromatic nitrogens is 2. The minimum Gasteiger partial charge on any atom is -0.325 e. The smallest absolute Gasteiger partial charge is 0.149 e. The van der Waals surface area contributed by atoms with E-state index >= 15 is 0 Å². The van der Waals surface area contributed by atoms with Crippen molar-refractivity contribution in [3.63, 3.8) is 0 Å². The molecule has 2 rings (SSSR count). The summed E-state index contributed by atoms with van der Waals surface area (Å²) in [7, 11) is 0. The molecule has 74 valence electrons. The molecule has 0 saturated heterocycles. The van der Waals surface area contributed by atoms with E-state index in [1.54, 1.807) is 10.5 Å². The van der Waals surface area contributed by atoms with Gasteiger partial charge in [0.15, 0.2) is 0 Å². The van der Waals surface area contributed by atoms with Gasteiger partial charge in [0, 0.05) is 19.2 Å². The summed E-state index contributed by atoms with van der Waals surface area (Å²) in [5.74, 6) is 0.583. The molecule has 0 atom stereocenters. The minimum absolute atomic E-state index is 0.264. The molecule has 0 aliphatic heterocycles. The summed E-state index contributed by atoms with van der Waals surface area (Å²) in [5.41, 5.74) is 6.64.